The highest BCUT2D eigenvalue weighted by Crippen LogP contribution is 2.29. The fourth-order valence-electron chi connectivity index (χ4n) is 5.65. The maximum atomic E-state index is 14.1. The summed E-state index contributed by atoms with van der Waals surface area (Å²) in [6, 6.07) is 9.04. The average Bonchev–Trinajstić information content (AvgIpc) is 3.66. The lowest BCUT2D eigenvalue weighted by molar-refractivity contribution is -0.203. The van der Waals surface area contributed by atoms with Crippen molar-refractivity contribution in [2.75, 3.05) is 64.0 Å². The van der Waals surface area contributed by atoms with Gasteiger partial charge in [0.1, 0.15) is 11.5 Å². The van der Waals surface area contributed by atoms with Crippen LogP contribution in [0.25, 0.3) is 11.4 Å². The van der Waals surface area contributed by atoms with Gasteiger partial charge in [0.2, 0.25) is 12.1 Å². The smallest absolute Gasteiger partial charge is 0.449 e. The van der Waals surface area contributed by atoms with Gasteiger partial charge in [-0.3, -0.25) is 9.59 Å². The molecular weight excluding hydrogens is 767 g/mol. The first-order chi connectivity index (χ1) is 27.3. The van der Waals surface area contributed by atoms with Crippen LogP contribution in [0, 0.1) is 0 Å². The summed E-state index contributed by atoms with van der Waals surface area (Å²) in [6.45, 7) is 7.82. The first kappa shape index (κ1) is 44.6. The van der Waals surface area contributed by atoms with Gasteiger partial charge in [0.05, 0.1) is 24.9 Å². The maximum Gasteiger partial charge on any atom is 0.518 e. The molecule has 3 amide bonds. The number of aromatic nitrogens is 2. The molecule has 0 bridgehead atoms. The van der Waals surface area contributed by atoms with Crippen LogP contribution >= 0.6 is 8.03 Å². The highest BCUT2D eigenvalue weighted by molar-refractivity contribution is 7.39. The lowest BCUT2D eigenvalue weighted by Crippen LogP contribution is -2.56. The monoisotopic (exact) mass is 819 g/mol. The summed E-state index contributed by atoms with van der Waals surface area (Å²) in [4.78, 5) is 79.5. The zero-order valence-electron chi connectivity index (χ0n) is 33.1. The number of ether oxygens (including phenoxy) is 6. The Bertz CT molecular complexity index is 1670. The summed E-state index contributed by atoms with van der Waals surface area (Å²) in [5, 5.41) is 2.66. The van der Waals surface area contributed by atoms with Crippen molar-refractivity contribution in [1.29, 1.82) is 0 Å². The standard InChI is InChI=1S/C37H51N6O13P/c1-7-8-20-51-34(46)42-18-16-41(17-19-42)33(45)29(23-57(49)56-37(54-35(47)52-24(2)3)55-36(48)53-25(4)5)39-32(44)28-21-30(43-15-14-27(22-43)50-6)40-31(38-28)26-12-10-9-11-13-26/h9-13,21,24-25,27,29,37H,7-8,14-20,22-23H2,1-6H3/p+1/t27-,29-/m0/s1. The number of piperazine rings is 1. The molecule has 2 aliphatic heterocycles. The van der Waals surface area contributed by atoms with Crippen molar-refractivity contribution >= 4 is 44.1 Å². The fourth-order valence-corrected chi connectivity index (χ4v) is 6.56. The summed E-state index contributed by atoms with van der Waals surface area (Å²) in [5.74, 6) is -0.710. The Balaban J connectivity index is 1.59. The van der Waals surface area contributed by atoms with Crippen LogP contribution in [-0.4, -0.2) is 140 Å². The van der Waals surface area contributed by atoms with Gasteiger partial charge in [0, 0.05) is 58.0 Å². The molecular formula is C37H52N6O13P+. The Morgan fingerprint density at radius 3 is 2.09 bits per heavy atom. The number of nitrogens with zero attached hydrogens (tertiary/aromatic N) is 5. The molecule has 0 aliphatic carbocycles. The van der Waals surface area contributed by atoms with Gasteiger partial charge < -0.3 is 48.4 Å². The number of rotatable bonds is 17. The normalized spacial score (nSPS) is 16.3. The van der Waals surface area contributed by atoms with Crippen molar-refractivity contribution in [2.45, 2.75) is 84.7 Å². The zero-order valence-corrected chi connectivity index (χ0v) is 34.0. The van der Waals surface area contributed by atoms with E-state index in [1.807, 2.05) is 30.0 Å². The number of nitrogens with one attached hydrogen (secondary N) is 1. The average molecular weight is 820 g/mol. The second-order valence-electron chi connectivity index (χ2n) is 13.7. The topological polar surface area (TPSA) is 215 Å². The SMILES string of the molecule is CCCCOC(=O)N1CCN(C(=O)[C@H](C[P+](=O)OC(OC(=O)OC(C)C)OC(=O)OC(C)C)NC(=O)c2cc(N3CC[C@H](OC)C3)nc(-c3ccccc3)n2)CC1. The van der Waals surface area contributed by atoms with E-state index in [0.29, 0.717) is 30.9 Å². The molecule has 1 aromatic heterocycles. The molecule has 2 saturated heterocycles. The van der Waals surface area contributed by atoms with Crippen molar-refractivity contribution in [2.24, 2.45) is 0 Å². The minimum atomic E-state index is -3.02. The van der Waals surface area contributed by atoms with Crippen molar-refractivity contribution in [3.8, 4) is 11.4 Å². The summed E-state index contributed by atoms with van der Waals surface area (Å²) in [5.41, 5.74) is 0.565. The molecule has 2 fully saturated rings. The Labute approximate surface area is 332 Å². The van der Waals surface area contributed by atoms with Gasteiger partial charge in [0.25, 0.3) is 5.91 Å². The summed E-state index contributed by atoms with van der Waals surface area (Å²) in [6.07, 6.45) is -2.73. The van der Waals surface area contributed by atoms with Crippen molar-refractivity contribution in [3.05, 3.63) is 42.1 Å². The van der Waals surface area contributed by atoms with Crippen LogP contribution in [0.2, 0.25) is 0 Å². The predicted octanol–water partition coefficient (Wildman–Crippen LogP) is 4.71. The minimum Gasteiger partial charge on any atom is -0.449 e. The molecule has 0 saturated carbocycles. The van der Waals surface area contributed by atoms with Crippen LogP contribution in [0.3, 0.4) is 0 Å². The van der Waals surface area contributed by atoms with E-state index in [-0.39, 0.29) is 50.4 Å². The molecule has 1 unspecified atom stereocenters. The number of amides is 3. The Morgan fingerprint density at radius 2 is 1.51 bits per heavy atom. The van der Waals surface area contributed by atoms with Gasteiger partial charge in [-0.05, 0) is 45.1 Å². The summed E-state index contributed by atoms with van der Waals surface area (Å²) in [7, 11) is -1.39. The molecule has 2 aliphatic rings. The van der Waals surface area contributed by atoms with Crippen LogP contribution in [-0.2, 0) is 42.3 Å². The van der Waals surface area contributed by atoms with E-state index in [4.69, 9.17) is 37.9 Å². The molecule has 0 radical (unpaired) electrons. The lowest BCUT2D eigenvalue weighted by atomic mass is 10.2. The molecule has 4 rings (SSSR count). The molecule has 2 aromatic rings. The van der Waals surface area contributed by atoms with Crippen molar-refractivity contribution < 1.29 is 61.5 Å². The molecule has 312 valence electrons. The van der Waals surface area contributed by atoms with Crippen LogP contribution in [0.5, 0.6) is 0 Å². The van der Waals surface area contributed by atoms with E-state index < -0.39 is 69.1 Å². The van der Waals surface area contributed by atoms with Crippen LogP contribution in [0.15, 0.2) is 36.4 Å². The number of hydrogen-bond donors (Lipinski definition) is 1. The third-order valence-electron chi connectivity index (χ3n) is 8.54. The second kappa shape index (κ2) is 22.0. The second-order valence-corrected chi connectivity index (χ2v) is 14.9. The summed E-state index contributed by atoms with van der Waals surface area (Å²) < 4.78 is 49.5. The van der Waals surface area contributed by atoms with Gasteiger partial charge in [0.15, 0.2) is 11.9 Å². The number of benzene rings is 1. The molecule has 3 atom stereocenters. The van der Waals surface area contributed by atoms with Gasteiger partial charge in [-0.15, -0.1) is 0 Å². The van der Waals surface area contributed by atoms with Gasteiger partial charge in [-0.25, -0.2) is 24.4 Å². The molecule has 57 heavy (non-hydrogen) atoms. The number of unbranched alkanes of at least 4 members (excludes halogenated alkanes) is 1. The third-order valence-corrected chi connectivity index (χ3v) is 9.61. The highest BCUT2D eigenvalue weighted by Gasteiger charge is 2.41. The van der Waals surface area contributed by atoms with Crippen LogP contribution < -0.4 is 10.2 Å². The number of hydrogen-bond acceptors (Lipinski definition) is 16. The quantitative estimate of drug-likeness (QED) is 0.0752. The first-order valence-corrected chi connectivity index (χ1v) is 20.2. The number of methoxy groups -OCH3 is 1. The van der Waals surface area contributed by atoms with Crippen LogP contribution in [0.4, 0.5) is 20.2 Å². The largest absolute Gasteiger partial charge is 0.518 e. The molecule has 1 aromatic carbocycles. The predicted molar refractivity (Wildman–Crippen MR) is 204 cm³/mol. The fraction of sp³-hybridized carbons (Fsp3) is 0.595. The molecule has 0 spiro atoms. The molecule has 1 N–H and O–H groups in total. The van der Waals surface area contributed by atoms with Gasteiger partial charge in [-0.2, -0.15) is 0 Å². The van der Waals surface area contributed by atoms with E-state index in [9.17, 15) is 28.5 Å². The van der Waals surface area contributed by atoms with Crippen molar-refractivity contribution in [1.82, 2.24) is 25.1 Å². The lowest BCUT2D eigenvalue weighted by Gasteiger charge is -2.35. The maximum absolute atomic E-state index is 14.1. The highest BCUT2D eigenvalue weighted by atomic mass is 31.1. The van der Waals surface area contributed by atoms with E-state index >= 15 is 0 Å². The van der Waals surface area contributed by atoms with Gasteiger partial charge in [-0.1, -0.05) is 48.2 Å². The number of carbonyl (C=O) groups is 5. The third kappa shape index (κ3) is 14.1. The Kier molecular flexibility index (Phi) is 17.2. The van der Waals surface area contributed by atoms with E-state index in [1.165, 1.54) is 15.9 Å². The Morgan fingerprint density at radius 1 is 0.877 bits per heavy atom. The van der Waals surface area contributed by atoms with E-state index in [1.54, 1.807) is 46.9 Å². The Hall–Kier alpha value is -5.13. The van der Waals surface area contributed by atoms with Crippen LogP contribution in [0.1, 0.15) is 64.4 Å². The number of anilines is 1. The van der Waals surface area contributed by atoms with Gasteiger partial charge >= 0.3 is 32.9 Å². The first-order valence-electron chi connectivity index (χ1n) is 18.9. The molecule has 20 heteroatoms. The van der Waals surface area contributed by atoms with Crippen molar-refractivity contribution in [3.63, 3.8) is 0 Å². The molecule has 19 nitrogen and oxygen atoms in total. The summed E-state index contributed by atoms with van der Waals surface area (Å²) >= 11 is 0. The zero-order chi connectivity index (χ0) is 41.5. The van der Waals surface area contributed by atoms with E-state index in [0.717, 1.165) is 12.8 Å². The molecule has 3 heterocycles. The van der Waals surface area contributed by atoms with E-state index in [2.05, 4.69) is 10.3 Å². The number of carbonyl (C=O) groups excluding carboxylic acids is 5. The minimum absolute atomic E-state index is 0.0365.